The quantitative estimate of drug-likeness (QED) is 0.137. The van der Waals surface area contributed by atoms with Gasteiger partial charge in [-0.25, -0.2) is 4.79 Å². The number of halogens is 1. The average Bonchev–Trinajstić information content (AvgIpc) is 3.66. The number of hydrogen-bond donors (Lipinski definition) is 4. The number of esters is 1. The van der Waals surface area contributed by atoms with Gasteiger partial charge < -0.3 is 31.3 Å². The zero-order chi connectivity index (χ0) is 31.9. The van der Waals surface area contributed by atoms with Crippen molar-refractivity contribution in [1.29, 1.82) is 0 Å². The van der Waals surface area contributed by atoms with E-state index in [1.165, 1.54) is 4.90 Å². The predicted octanol–water partition coefficient (Wildman–Crippen LogP) is 2.01. The Hall–Kier alpha value is -2.89. The molecule has 5 amide bonds. The van der Waals surface area contributed by atoms with Crippen LogP contribution in [0.2, 0.25) is 0 Å². The van der Waals surface area contributed by atoms with E-state index in [1.54, 1.807) is 20.8 Å². The Bertz CT molecular complexity index is 1050. The third-order valence-electron chi connectivity index (χ3n) is 8.60. The summed E-state index contributed by atoms with van der Waals surface area (Å²) >= 11 is 6.16. The number of hydrogen-bond acceptors (Lipinski definition) is 7. The number of nitrogens with zero attached hydrogens (tertiary/aromatic N) is 1. The van der Waals surface area contributed by atoms with Gasteiger partial charge in [0.15, 0.2) is 0 Å². The van der Waals surface area contributed by atoms with Crippen LogP contribution in [0.5, 0.6) is 0 Å². The van der Waals surface area contributed by atoms with E-state index in [1.807, 2.05) is 6.92 Å². The van der Waals surface area contributed by atoms with Crippen molar-refractivity contribution in [2.24, 2.45) is 29.4 Å². The lowest BCUT2D eigenvalue weighted by molar-refractivity contribution is -0.153. The number of urea groups is 1. The molecule has 43 heavy (non-hydrogen) atoms. The molecule has 3 rings (SSSR count). The van der Waals surface area contributed by atoms with Gasteiger partial charge in [-0.05, 0) is 70.1 Å². The number of ether oxygens (including phenoxy) is 1. The Morgan fingerprint density at radius 2 is 1.63 bits per heavy atom. The minimum Gasteiger partial charge on any atom is -0.459 e. The van der Waals surface area contributed by atoms with Gasteiger partial charge in [0.1, 0.15) is 24.2 Å². The van der Waals surface area contributed by atoms with Crippen molar-refractivity contribution in [3.8, 4) is 0 Å². The molecule has 0 aromatic carbocycles. The lowest BCUT2D eigenvalue weighted by Crippen LogP contribution is -2.59. The minimum absolute atomic E-state index is 0.00231. The molecule has 3 aliphatic rings. The summed E-state index contributed by atoms with van der Waals surface area (Å²) in [5, 5.41) is 7.99. The van der Waals surface area contributed by atoms with Crippen LogP contribution in [0.3, 0.4) is 0 Å². The number of Topliss-reactive ketones (excluding diaryl/α,β-unsaturated/α-hetero) is 1. The molecule has 0 radical (unpaired) electrons. The minimum atomic E-state index is -1.11. The van der Waals surface area contributed by atoms with Gasteiger partial charge in [0.25, 0.3) is 5.91 Å². The Balaban J connectivity index is 1.80. The van der Waals surface area contributed by atoms with Crippen LogP contribution in [0.25, 0.3) is 0 Å². The molecule has 1 saturated heterocycles. The number of likely N-dealkylation sites (tertiary alicyclic amines) is 1. The second kappa shape index (κ2) is 15.2. The lowest BCUT2D eigenvalue weighted by Gasteiger charge is -2.35. The monoisotopic (exact) mass is 625 g/mol. The molecule has 2 saturated carbocycles. The molecule has 0 aromatic rings. The fourth-order valence-electron chi connectivity index (χ4n) is 6.01. The summed E-state index contributed by atoms with van der Waals surface area (Å²) in [6, 6.07) is -3.57. The second-order valence-electron chi connectivity index (χ2n) is 13.4. The van der Waals surface area contributed by atoms with Gasteiger partial charge in [0.2, 0.25) is 17.6 Å². The van der Waals surface area contributed by atoms with Crippen molar-refractivity contribution in [3.63, 3.8) is 0 Å². The molecule has 5 N–H and O–H groups in total. The normalized spacial score (nSPS) is 23.0. The Morgan fingerprint density at radius 1 is 0.977 bits per heavy atom. The highest BCUT2D eigenvalue weighted by atomic mass is 35.5. The van der Waals surface area contributed by atoms with Crippen molar-refractivity contribution in [2.75, 3.05) is 19.0 Å². The first-order chi connectivity index (χ1) is 20.2. The Morgan fingerprint density at radius 3 is 2.19 bits per heavy atom. The average molecular weight is 626 g/mol. The smallest absolute Gasteiger partial charge is 0.325 e. The first-order valence-electron chi connectivity index (χ1n) is 15.5. The van der Waals surface area contributed by atoms with Crippen molar-refractivity contribution in [1.82, 2.24) is 20.9 Å². The maximum absolute atomic E-state index is 14.2. The molecule has 242 valence electrons. The van der Waals surface area contributed by atoms with E-state index >= 15 is 0 Å². The number of primary amides is 1. The van der Waals surface area contributed by atoms with Crippen LogP contribution >= 0.6 is 11.6 Å². The van der Waals surface area contributed by atoms with Crippen molar-refractivity contribution < 1.29 is 33.5 Å². The van der Waals surface area contributed by atoms with E-state index in [0.29, 0.717) is 18.7 Å². The number of carbonyl (C=O) groups is 6. The van der Waals surface area contributed by atoms with E-state index in [0.717, 1.165) is 44.9 Å². The van der Waals surface area contributed by atoms with Crippen LogP contribution in [0.1, 0.15) is 85.5 Å². The highest BCUT2D eigenvalue weighted by molar-refractivity contribution is 6.37. The Labute approximate surface area is 258 Å². The summed E-state index contributed by atoms with van der Waals surface area (Å²) < 4.78 is 5.25. The Kier molecular flexibility index (Phi) is 12.2. The van der Waals surface area contributed by atoms with Crippen LogP contribution in [-0.2, 0) is 28.7 Å². The van der Waals surface area contributed by atoms with Crippen molar-refractivity contribution in [2.45, 2.75) is 109 Å². The molecule has 0 bridgehead atoms. The SMILES string of the molecule is CC(CCl)[C@@H]1CC(C(=O)NC(CC2CC2)C(=O)C(N)=O)N(C(=O)C(NC(=O)NCC(=O)OC(C)(C)C)C2CCCCC2)C1. The van der Waals surface area contributed by atoms with Gasteiger partial charge in [-0.2, -0.15) is 0 Å². The number of nitrogens with one attached hydrogen (secondary N) is 3. The lowest BCUT2D eigenvalue weighted by atomic mass is 9.83. The van der Waals surface area contributed by atoms with Gasteiger partial charge in [-0.15, -0.1) is 11.6 Å². The topological polar surface area (TPSA) is 177 Å². The number of carbonyl (C=O) groups excluding carboxylic acids is 6. The van der Waals surface area contributed by atoms with Crippen LogP contribution < -0.4 is 21.7 Å². The van der Waals surface area contributed by atoms with E-state index in [2.05, 4.69) is 16.0 Å². The number of alkyl halides is 1. The maximum Gasteiger partial charge on any atom is 0.325 e. The number of rotatable bonds is 13. The molecular formula is C30H48ClN5O7. The third-order valence-corrected chi connectivity index (χ3v) is 9.08. The van der Waals surface area contributed by atoms with E-state index < -0.39 is 59.2 Å². The summed E-state index contributed by atoms with van der Waals surface area (Å²) in [6.45, 7) is 7.01. The molecule has 3 fully saturated rings. The van der Waals surface area contributed by atoms with Gasteiger partial charge in [0, 0.05) is 12.4 Å². The molecule has 1 heterocycles. The van der Waals surface area contributed by atoms with Crippen molar-refractivity contribution >= 4 is 47.1 Å². The fraction of sp³-hybridized carbons (Fsp3) is 0.800. The summed E-state index contributed by atoms with van der Waals surface area (Å²) in [5.41, 5.74) is 4.55. The van der Waals surface area contributed by atoms with Gasteiger partial charge in [0.05, 0.1) is 6.04 Å². The highest BCUT2D eigenvalue weighted by Crippen LogP contribution is 2.35. The highest BCUT2D eigenvalue weighted by Gasteiger charge is 2.46. The molecule has 12 nitrogen and oxygen atoms in total. The molecule has 1 aliphatic heterocycles. The van der Waals surface area contributed by atoms with Gasteiger partial charge in [-0.1, -0.05) is 39.0 Å². The largest absolute Gasteiger partial charge is 0.459 e. The fourth-order valence-corrected chi connectivity index (χ4v) is 6.26. The zero-order valence-corrected chi connectivity index (χ0v) is 26.5. The van der Waals surface area contributed by atoms with Crippen molar-refractivity contribution in [3.05, 3.63) is 0 Å². The second-order valence-corrected chi connectivity index (χ2v) is 13.7. The molecule has 5 atom stereocenters. The van der Waals surface area contributed by atoms with Crippen LogP contribution in [0.4, 0.5) is 4.79 Å². The first kappa shape index (κ1) is 34.6. The summed E-state index contributed by atoms with van der Waals surface area (Å²) in [6.07, 6.45) is 6.76. The number of amides is 5. The van der Waals surface area contributed by atoms with Gasteiger partial charge >= 0.3 is 12.0 Å². The van der Waals surface area contributed by atoms with Crippen LogP contribution in [0.15, 0.2) is 0 Å². The predicted molar refractivity (Wildman–Crippen MR) is 160 cm³/mol. The van der Waals surface area contributed by atoms with E-state index in [4.69, 9.17) is 22.1 Å². The van der Waals surface area contributed by atoms with Crippen LogP contribution in [-0.4, -0.2) is 83.1 Å². The number of nitrogens with two attached hydrogens (primary N) is 1. The molecule has 4 unspecified atom stereocenters. The standard InChI is InChI=1S/C30H48ClN5O7/c1-17(14-31)20-13-22(27(40)34-21(12-18-10-11-18)25(38)26(32)39)36(16-20)28(41)24(19-8-6-5-7-9-19)35-29(42)33-15-23(37)43-30(2,3)4/h17-22,24H,5-16H2,1-4H3,(H2,32,39)(H,34,40)(H2,33,35,42)/t17?,20-,21?,22?,24?/m1/s1. The summed E-state index contributed by atoms with van der Waals surface area (Å²) in [7, 11) is 0. The van der Waals surface area contributed by atoms with E-state index in [9.17, 15) is 28.8 Å². The third kappa shape index (κ3) is 10.4. The summed E-state index contributed by atoms with van der Waals surface area (Å²) in [5.74, 6) is -3.17. The van der Waals surface area contributed by atoms with Crippen LogP contribution in [0, 0.1) is 23.7 Å². The maximum atomic E-state index is 14.2. The summed E-state index contributed by atoms with van der Waals surface area (Å²) in [4.78, 5) is 78.7. The van der Waals surface area contributed by atoms with E-state index in [-0.39, 0.29) is 36.8 Å². The molecule has 2 aliphatic carbocycles. The molecule has 0 spiro atoms. The zero-order valence-electron chi connectivity index (χ0n) is 25.8. The first-order valence-corrected chi connectivity index (χ1v) is 16.0. The van der Waals surface area contributed by atoms with Gasteiger partial charge in [-0.3, -0.25) is 24.0 Å². The molecular weight excluding hydrogens is 578 g/mol. The molecule has 0 aromatic heterocycles. The number of ketones is 1. The molecule has 13 heteroatoms.